The van der Waals surface area contributed by atoms with Gasteiger partial charge in [-0.15, -0.1) is 0 Å². The molecule has 0 aromatic carbocycles. The highest BCUT2D eigenvalue weighted by Crippen LogP contribution is 2.32. The van der Waals surface area contributed by atoms with Gasteiger partial charge < -0.3 is 9.53 Å². The van der Waals surface area contributed by atoms with Crippen LogP contribution in [0.5, 0.6) is 0 Å². The van der Waals surface area contributed by atoms with Crippen LogP contribution < -0.4 is 0 Å². The van der Waals surface area contributed by atoms with E-state index in [4.69, 9.17) is 4.74 Å². The van der Waals surface area contributed by atoms with Gasteiger partial charge in [-0.3, -0.25) is 0 Å². The maximum absolute atomic E-state index is 10.1. The molecular weight excluding hydrogens is 152 g/mol. The maximum atomic E-state index is 10.1. The number of carbonyl (C=O) groups excluding carboxylic acids is 1. The van der Waals surface area contributed by atoms with Gasteiger partial charge in [0, 0.05) is 6.42 Å². The van der Waals surface area contributed by atoms with Gasteiger partial charge in [-0.05, 0) is 19.3 Å². The zero-order valence-corrected chi connectivity index (χ0v) is 8.81. The Hall–Kier alpha value is -0.370. The average molecular weight is 172 g/mol. The van der Waals surface area contributed by atoms with Gasteiger partial charge >= 0.3 is 0 Å². The second kappa shape index (κ2) is 4.04. The first-order valence-corrected chi connectivity index (χ1v) is 4.39. The maximum Gasteiger partial charge on any atom is 0.122 e. The van der Waals surface area contributed by atoms with Gasteiger partial charge in [-0.2, -0.15) is 0 Å². The fourth-order valence-corrected chi connectivity index (χ4v) is 0.579. The lowest BCUT2D eigenvalue weighted by Gasteiger charge is -2.38. The summed E-state index contributed by atoms with van der Waals surface area (Å²) in [4.78, 5) is 10.1. The normalized spacial score (nSPS) is 13.1. The first kappa shape index (κ1) is 11.6. The molecule has 0 radical (unpaired) electrons. The summed E-state index contributed by atoms with van der Waals surface area (Å²) >= 11 is 0. The van der Waals surface area contributed by atoms with E-state index in [1.54, 1.807) is 0 Å². The third kappa shape index (κ3) is 3.35. The minimum atomic E-state index is -0.171. The number of ether oxygens (including phenoxy) is 1. The highest BCUT2D eigenvalue weighted by molar-refractivity contribution is 5.49. The van der Waals surface area contributed by atoms with Crippen LogP contribution in [0.3, 0.4) is 0 Å². The van der Waals surface area contributed by atoms with E-state index in [1.165, 1.54) is 0 Å². The Morgan fingerprint density at radius 1 is 1.17 bits per heavy atom. The smallest absolute Gasteiger partial charge is 0.122 e. The van der Waals surface area contributed by atoms with Gasteiger partial charge in [0.15, 0.2) is 0 Å². The largest absolute Gasteiger partial charge is 0.375 e. The van der Waals surface area contributed by atoms with Gasteiger partial charge in [-0.1, -0.05) is 20.8 Å². The molecule has 0 bridgehead atoms. The molecule has 12 heavy (non-hydrogen) atoms. The molecule has 0 saturated heterocycles. The molecule has 0 aliphatic carbocycles. The van der Waals surface area contributed by atoms with Crippen molar-refractivity contribution in [2.75, 3.05) is 6.61 Å². The van der Waals surface area contributed by atoms with Crippen molar-refractivity contribution in [2.24, 2.45) is 5.41 Å². The highest BCUT2D eigenvalue weighted by Gasteiger charge is 2.33. The highest BCUT2D eigenvalue weighted by atomic mass is 16.5. The SMILES string of the molecule is CC(C)(C)C(C)(C)OCCC=O. The van der Waals surface area contributed by atoms with Crippen LogP contribution in [0.25, 0.3) is 0 Å². The molecule has 72 valence electrons. The first-order valence-electron chi connectivity index (χ1n) is 4.39. The molecule has 0 saturated carbocycles. The standard InChI is InChI=1S/C10H20O2/c1-9(2,3)10(4,5)12-8-6-7-11/h7H,6,8H2,1-5H3. The minimum Gasteiger partial charge on any atom is -0.375 e. The summed E-state index contributed by atoms with van der Waals surface area (Å²) in [6.45, 7) is 11.0. The molecule has 2 nitrogen and oxygen atoms in total. The molecule has 0 rings (SSSR count). The van der Waals surface area contributed by atoms with E-state index < -0.39 is 0 Å². The Morgan fingerprint density at radius 3 is 2.00 bits per heavy atom. The monoisotopic (exact) mass is 172 g/mol. The van der Waals surface area contributed by atoms with Crippen LogP contribution in [0.2, 0.25) is 0 Å². The van der Waals surface area contributed by atoms with Gasteiger partial charge in [0.1, 0.15) is 6.29 Å². The van der Waals surface area contributed by atoms with Crippen LogP contribution in [0.1, 0.15) is 41.0 Å². The Bertz CT molecular complexity index is 142. The summed E-state index contributed by atoms with van der Waals surface area (Å²) in [6.07, 6.45) is 1.37. The topological polar surface area (TPSA) is 26.3 Å². The molecule has 0 unspecified atom stereocenters. The van der Waals surface area contributed by atoms with E-state index in [9.17, 15) is 4.79 Å². The van der Waals surface area contributed by atoms with Crippen molar-refractivity contribution in [1.82, 2.24) is 0 Å². The molecule has 0 aliphatic rings. The molecular formula is C10H20O2. The van der Waals surface area contributed by atoms with Gasteiger partial charge in [0.25, 0.3) is 0 Å². The van der Waals surface area contributed by atoms with E-state index in [2.05, 4.69) is 34.6 Å². The van der Waals surface area contributed by atoms with Crippen molar-refractivity contribution in [3.63, 3.8) is 0 Å². The Morgan fingerprint density at radius 2 is 1.67 bits per heavy atom. The summed E-state index contributed by atoms with van der Waals surface area (Å²) in [5.74, 6) is 0. The third-order valence-electron chi connectivity index (χ3n) is 2.50. The van der Waals surface area contributed by atoms with Crippen molar-refractivity contribution in [3.05, 3.63) is 0 Å². The molecule has 0 aromatic rings. The van der Waals surface area contributed by atoms with E-state index in [-0.39, 0.29) is 11.0 Å². The van der Waals surface area contributed by atoms with Crippen LogP contribution >= 0.6 is 0 Å². The summed E-state index contributed by atoms with van der Waals surface area (Å²) in [7, 11) is 0. The van der Waals surface area contributed by atoms with Gasteiger partial charge in [0.2, 0.25) is 0 Å². The van der Waals surface area contributed by atoms with E-state index in [0.29, 0.717) is 13.0 Å². The molecule has 0 spiro atoms. The molecule has 0 amide bonds. The lowest BCUT2D eigenvalue weighted by molar-refractivity contribution is -0.115. The van der Waals surface area contributed by atoms with Crippen LogP contribution in [-0.2, 0) is 9.53 Å². The van der Waals surface area contributed by atoms with Gasteiger partial charge in [-0.25, -0.2) is 0 Å². The molecule has 2 heteroatoms. The number of hydrogen-bond donors (Lipinski definition) is 0. The Balaban J connectivity index is 3.95. The fourth-order valence-electron chi connectivity index (χ4n) is 0.579. The fraction of sp³-hybridized carbons (Fsp3) is 0.900. The Kier molecular flexibility index (Phi) is 3.91. The predicted molar refractivity (Wildman–Crippen MR) is 50.2 cm³/mol. The second-order valence-electron chi connectivity index (χ2n) is 4.56. The molecule has 0 atom stereocenters. The summed E-state index contributed by atoms with van der Waals surface area (Å²) in [5.41, 5.74) is -0.0636. The van der Waals surface area contributed by atoms with E-state index >= 15 is 0 Å². The van der Waals surface area contributed by atoms with Crippen LogP contribution in [0.4, 0.5) is 0 Å². The summed E-state index contributed by atoms with van der Waals surface area (Å²) in [6, 6.07) is 0. The van der Waals surface area contributed by atoms with Crippen molar-refractivity contribution in [3.8, 4) is 0 Å². The number of rotatable bonds is 4. The number of aldehydes is 1. The molecule has 0 aromatic heterocycles. The zero-order valence-electron chi connectivity index (χ0n) is 8.81. The summed E-state index contributed by atoms with van der Waals surface area (Å²) in [5, 5.41) is 0. The van der Waals surface area contributed by atoms with Crippen LogP contribution in [-0.4, -0.2) is 18.5 Å². The number of hydrogen-bond acceptors (Lipinski definition) is 2. The van der Waals surface area contributed by atoms with Crippen molar-refractivity contribution in [2.45, 2.75) is 46.6 Å². The predicted octanol–water partition coefficient (Wildman–Crippen LogP) is 2.42. The van der Waals surface area contributed by atoms with E-state index in [1.807, 2.05) is 0 Å². The molecule has 0 heterocycles. The quantitative estimate of drug-likeness (QED) is 0.481. The zero-order chi connectivity index (χ0) is 9.83. The lowest BCUT2D eigenvalue weighted by Crippen LogP contribution is -2.39. The van der Waals surface area contributed by atoms with Gasteiger partial charge in [0.05, 0.1) is 12.2 Å². The molecule has 0 aliphatic heterocycles. The first-order chi connectivity index (χ1) is 5.31. The lowest BCUT2D eigenvalue weighted by atomic mass is 9.79. The Labute approximate surface area is 75.3 Å². The second-order valence-corrected chi connectivity index (χ2v) is 4.56. The average Bonchev–Trinajstić information content (AvgIpc) is 1.85. The van der Waals surface area contributed by atoms with Crippen LogP contribution in [0.15, 0.2) is 0 Å². The summed E-state index contributed by atoms with van der Waals surface area (Å²) < 4.78 is 5.60. The van der Waals surface area contributed by atoms with Crippen LogP contribution in [0, 0.1) is 5.41 Å². The van der Waals surface area contributed by atoms with Crippen molar-refractivity contribution >= 4 is 6.29 Å². The van der Waals surface area contributed by atoms with E-state index in [0.717, 1.165) is 6.29 Å². The number of carbonyl (C=O) groups is 1. The molecule has 0 N–H and O–H groups in total. The minimum absolute atomic E-state index is 0.107. The molecule has 0 fully saturated rings. The van der Waals surface area contributed by atoms with Crippen molar-refractivity contribution in [1.29, 1.82) is 0 Å². The van der Waals surface area contributed by atoms with Crippen molar-refractivity contribution < 1.29 is 9.53 Å². The third-order valence-corrected chi connectivity index (χ3v) is 2.50.